The van der Waals surface area contributed by atoms with Gasteiger partial charge in [0.05, 0.1) is 13.7 Å². The van der Waals surface area contributed by atoms with Gasteiger partial charge in [-0.2, -0.15) is 0 Å². The van der Waals surface area contributed by atoms with Crippen molar-refractivity contribution >= 4 is 11.9 Å². The number of fused-ring (bicyclic) bond motifs is 1. The average Bonchev–Trinajstić information content (AvgIpc) is 2.99. The number of esters is 1. The first-order chi connectivity index (χ1) is 16.3. The van der Waals surface area contributed by atoms with E-state index in [0.29, 0.717) is 50.3 Å². The van der Waals surface area contributed by atoms with E-state index in [1.54, 1.807) is 16.5 Å². The number of rotatable bonds is 6. The van der Waals surface area contributed by atoms with E-state index in [2.05, 4.69) is 36.9 Å². The normalized spacial score (nSPS) is 18.5. The van der Waals surface area contributed by atoms with E-state index in [0.717, 1.165) is 6.54 Å². The van der Waals surface area contributed by atoms with Crippen LogP contribution >= 0.6 is 0 Å². The molecular formula is C26H33N3O5. The van der Waals surface area contributed by atoms with E-state index < -0.39 is 5.97 Å². The van der Waals surface area contributed by atoms with Crippen molar-refractivity contribution in [1.82, 2.24) is 14.4 Å². The van der Waals surface area contributed by atoms with Crippen LogP contribution in [0, 0.1) is 19.8 Å². The van der Waals surface area contributed by atoms with Crippen LogP contribution in [0.1, 0.15) is 39.2 Å². The number of hydrogen-bond acceptors (Lipinski definition) is 6. The molecule has 8 nitrogen and oxygen atoms in total. The predicted molar refractivity (Wildman–Crippen MR) is 128 cm³/mol. The number of carbonyl (C=O) groups is 2. The van der Waals surface area contributed by atoms with Crippen LogP contribution in [-0.2, 0) is 29.0 Å². The van der Waals surface area contributed by atoms with Crippen molar-refractivity contribution < 1.29 is 19.1 Å². The lowest BCUT2D eigenvalue weighted by atomic mass is 10.0. The number of carbonyl (C=O) groups excluding carboxylic acids is 2. The lowest BCUT2D eigenvalue weighted by Gasteiger charge is -2.20. The summed E-state index contributed by atoms with van der Waals surface area (Å²) in [7, 11) is 3.10. The Morgan fingerprint density at radius 3 is 2.59 bits per heavy atom. The molecule has 0 radical (unpaired) electrons. The molecule has 1 aromatic heterocycles. The highest BCUT2D eigenvalue weighted by Crippen LogP contribution is 2.26. The first-order valence-electron chi connectivity index (χ1n) is 11.8. The molecule has 1 unspecified atom stereocenters. The topological polar surface area (TPSA) is 81.1 Å². The zero-order valence-electron chi connectivity index (χ0n) is 20.4. The molecule has 2 aliphatic heterocycles. The highest BCUT2D eigenvalue weighted by Gasteiger charge is 2.30. The maximum atomic E-state index is 13.0. The summed E-state index contributed by atoms with van der Waals surface area (Å²) in [6.07, 6.45) is 0.938. The first-order valence-corrected chi connectivity index (χ1v) is 11.8. The molecule has 1 amide bonds. The van der Waals surface area contributed by atoms with Crippen LogP contribution < -0.4 is 10.3 Å². The zero-order valence-corrected chi connectivity index (χ0v) is 20.4. The smallest absolute Gasteiger partial charge is 0.343 e. The van der Waals surface area contributed by atoms with Crippen LogP contribution in [0.15, 0.2) is 29.1 Å². The third kappa shape index (κ3) is 5.01. The molecule has 1 fully saturated rings. The van der Waals surface area contributed by atoms with Gasteiger partial charge in [0, 0.05) is 70.3 Å². The number of nitrogens with zero attached hydrogens (tertiary/aromatic N) is 3. The largest absolute Gasteiger partial charge is 0.492 e. The Labute approximate surface area is 200 Å². The standard InChI is InChI=1S/C26H33N3O5/c1-17-5-6-20(18(2)11-17)15-28-8-7-21-25(26(32)33-4)22(13-24(31)29(21)10-9-28)34-16-19-12-23(30)27(3)14-19/h5-6,11,13,19H,7-10,12,14-16H2,1-4H3. The number of pyridine rings is 1. The Morgan fingerprint density at radius 2 is 1.91 bits per heavy atom. The van der Waals surface area contributed by atoms with Crippen LogP contribution in [0.3, 0.4) is 0 Å². The molecule has 0 aliphatic carbocycles. The maximum absolute atomic E-state index is 13.0. The Hall–Kier alpha value is -3.13. The monoisotopic (exact) mass is 467 g/mol. The lowest BCUT2D eigenvalue weighted by molar-refractivity contribution is -0.126. The lowest BCUT2D eigenvalue weighted by Crippen LogP contribution is -2.29. The molecule has 4 rings (SSSR count). The molecule has 0 bridgehead atoms. The van der Waals surface area contributed by atoms with Crippen LogP contribution in [0.5, 0.6) is 5.75 Å². The van der Waals surface area contributed by atoms with Gasteiger partial charge in [0.25, 0.3) is 5.56 Å². The third-order valence-corrected chi connectivity index (χ3v) is 6.86. The van der Waals surface area contributed by atoms with Crippen molar-refractivity contribution in [2.75, 3.05) is 40.4 Å². The summed E-state index contributed by atoms with van der Waals surface area (Å²) < 4.78 is 12.7. The summed E-state index contributed by atoms with van der Waals surface area (Å²) in [4.78, 5) is 41.6. The van der Waals surface area contributed by atoms with Crippen molar-refractivity contribution in [3.05, 3.63) is 62.6 Å². The molecule has 1 aromatic carbocycles. The van der Waals surface area contributed by atoms with Gasteiger partial charge in [-0.05, 0) is 25.0 Å². The number of benzene rings is 1. The minimum atomic E-state index is -0.513. The number of ether oxygens (including phenoxy) is 2. The second-order valence-electron chi connectivity index (χ2n) is 9.42. The molecule has 182 valence electrons. The second kappa shape index (κ2) is 10.0. The quantitative estimate of drug-likeness (QED) is 0.606. The predicted octanol–water partition coefficient (Wildman–Crippen LogP) is 2.17. The molecule has 2 aromatic rings. The van der Waals surface area contributed by atoms with E-state index >= 15 is 0 Å². The summed E-state index contributed by atoms with van der Waals surface area (Å²) in [6, 6.07) is 7.84. The fraction of sp³-hybridized carbons (Fsp3) is 0.500. The van der Waals surface area contributed by atoms with Crippen LogP contribution in [0.25, 0.3) is 0 Å². The van der Waals surface area contributed by atoms with Gasteiger partial charge in [-0.25, -0.2) is 4.79 Å². The number of hydrogen-bond donors (Lipinski definition) is 0. The van der Waals surface area contributed by atoms with Crippen LogP contribution in [0.2, 0.25) is 0 Å². The maximum Gasteiger partial charge on any atom is 0.343 e. The van der Waals surface area contributed by atoms with Gasteiger partial charge in [-0.15, -0.1) is 0 Å². The fourth-order valence-electron chi connectivity index (χ4n) is 4.93. The Bertz CT molecular complexity index is 1160. The van der Waals surface area contributed by atoms with Gasteiger partial charge in [-0.1, -0.05) is 23.8 Å². The van der Waals surface area contributed by atoms with E-state index in [1.807, 2.05) is 0 Å². The van der Waals surface area contributed by atoms with Gasteiger partial charge in [0.15, 0.2) is 0 Å². The highest BCUT2D eigenvalue weighted by atomic mass is 16.5. The third-order valence-electron chi connectivity index (χ3n) is 6.86. The summed E-state index contributed by atoms with van der Waals surface area (Å²) >= 11 is 0. The molecule has 34 heavy (non-hydrogen) atoms. The molecule has 0 saturated carbocycles. The summed E-state index contributed by atoms with van der Waals surface area (Å²) in [5.74, 6) is -0.167. The molecular weight excluding hydrogens is 434 g/mol. The van der Waals surface area contributed by atoms with Crippen molar-refractivity contribution in [2.24, 2.45) is 5.92 Å². The molecule has 1 saturated heterocycles. The molecule has 0 N–H and O–H groups in total. The first kappa shape index (κ1) is 24.0. The fourth-order valence-corrected chi connectivity index (χ4v) is 4.93. The van der Waals surface area contributed by atoms with Gasteiger partial charge >= 0.3 is 5.97 Å². The molecule has 0 spiro atoms. The Balaban J connectivity index is 1.57. The number of amides is 1. The molecule has 8 heteroatoms. The van der Waals surface area contributed by atoms with E-state index in [4.69, 9.17) is 9.47 Å². The Morgan fingerprint density at radius 1 is 1.12 bits per heavy atom. The average molecular weight is 468 g/mol. The highest BCUT2D eigenvalue weighted by molar-refractivity contribution is 5.93. The number of aryl methyl sites for hydroxylation is 2. The minimum absolute atomic E-state index is 0.0257. The van der Waals surface area contributed by atoms with Gasteiger partial charge in [0.1, 0.15) is 11.3 Å². The SMILES string of the molecule is COC(=O)c1c(OCC2CC(=O)N(C)C2)cc(=O)n2c1CCN(Cc1ccc(C)cc1C)CC2. The number of likely N-dealkylation sites (tertiary alicyclic amines) is 1. The second-order valence-corrected chi connectivity index (χ2v) is 9.42. The number of methoxy groups -OCH3 is 1. The van der Waals surface area contributed by atoms with E-state index in [9.17, 15) is 14.4 Å². The summed E-state index contributed by atoms with van der Waals surface area (Å²) in [5.41, 5.74) is 4.52. The summed E-state index contributed by atoms with van der Waals surface area (Å²) in [5, 5.41) is 0. The van der Waals surface area contributed by atoms with Crippen molar-refractivity contribution in [3.8, 4) is 5.75 Å². The van der Waals surface area contributed by atoms with Crippen molar-refractivity contribution in [1.29, 1.82) is 0 Å². The summed E-state index contributed by atoms with van der Waals surface area (Å²) in [6.45, 7) is 7.77. The van der Waals surface area contributed by atoms with Crippen LogP contribution in [-0.4, -0.2) is 66.6 Å². The van der Waals surface area contributed by atoms with E-state index in [1.165, 1.54) is 29.9 Å². The van der Waals surface area contributed by atoms with Gasteiger partial charge in [0.2, 0.25) is 5.91 Å². The minimum Gasteiger partial charge on any atom is -0.492 e. The van der Waals surface area contributed by atoms with Crippen molar-refractivity contribution in [3.63, 3.8) is 0 Å². The van der Waals surface area contributed by atoms with Crippen molar-refractivity contribution in [2.45, 2.75) is 39.8 Å². The van der Waals surface area contributed by atoms with Crippen LogP contribution in [0.4, 0.5) is 0 Å². The van der Waals surface area contributed by atoms with Gasteiger partial charge < -0.3 is 18.9 Å². The van der Waals surface area contributed by atoms with E-state index in [-0.39, 0.29) is 29.7 Å². The van der Waals surface area contributed by atoms with Gasteiger partial charge in [-0.3, -0.25) is 14.5 Å². The Kier molecular flexibility index (Phi) is 7.07. The zero-order chi connectivity index (χ0) is 24.4. The molecule has 2 aliphatic rings. The molecule has 1 atom stereocenters. The number of aromatic nitrogens is 1. The molecule has 3 heterocycles.